The van der Waals surface area contributed by atoms with Crippen molar-refractivity contribution in [1.82, 2.24) is 0 Å². The van der Waals surface area contributed by atoms with E-state index in [1.165, 1.54) is 0 Å². The first-order valence-electron chi connectivity index (χ1n) is 6.64. The Morgan fingerprint density at radius 3 is 1.75 bits per heavy atom. The molecule has 0 saturated heterocycles. The molecule has 0 radical (unpaired) electrons. The second kappa shape index (κ2) is 7.79. The number of alkyl halides is 1. The number of hydrogen-bond donors (Lipinski definition) is 0. The topological polar surface area (TPSA) is 61.8 Å². The number of ether oxygens (including phenoxy) is 1. The average Bonchev–Trinajstić information content (AvgIpc) is 2.21. The molecule has 1 atom stereocenters. The third kappa shape index (κ3) is 6.57. The predicted molar refractivity (Wildman–Crippen MR) is 80.1 cm³/mol. The van der Waals surface area contributed by atoms with E-state index in [-0.39, 0.29) is 18.1 Å². The van der Waals surface area contributed by atoms with Crippen molar-refractivity contribution in [3.63, 3.8) is 0 Å². The summed E-state index contributed by atoms with van der Waals surface area (Å²) in [5, 5.41) is 0. The van der Waals surface area contributed by atoms with Crippen molar-refractivity contribution < 1.29 is 23.1 Å². The Morgan fingerprint density at radius 1 is 1.10 bits per heavy atom. The van der Waals surface area contributed by atoms with Crippen molar-refractivity contribution in [2.75, 3.05) is 5.88 Å². The summed E-state index contributed by atoms with van der Waals surface area (Å²) in [6.07, 6.45) is -0.640. The molecule has 0 aromatic heterocycles. The lowest BCUT2D eigenvalue weighted by atomic mass is 9.98. The maximum absolute atomic E-state index is 13.1. The van der Waals surface area contributed by atoms with E-state index in [1.807, 2.05) is 0 Å². The molecule has 0 rings (SSSR count). The Balaban J connectivity index is 5.51. The van der Waals surface area contributed by atoms with E-state index in [0.29, 0.717) is 0 Å². The first-order chi connectivity index (χ1) is 8.92. The van der Waals surface area contributed by atoms with Gasteiger partial charge in [-0.15, -0.1) is 11.6 Å². The molecule has 0 N–H and O–H groups in total. The monoisotopic (exact) mass is 328 g/mol. The summed E-state index contributed by atoms with van der Waals surface area (Å²) < 4.78 is 29.3. The summed E-state index contributed by atoms with van der Waals surface area (Å²) in [4.78, 5) is 11.5. The molecule has 0 bridgehead atoms. The Kier molecular flexibility index (Phi) is 7.75. The van der Waals surface area contributed by atoms with Crippen LogP contribution in [0.4, 0.5) is 0 Å². The molecule has 0 heterocycles. The lowest BCUT2D eigenvalue weighted by Gasteiger charge is -2.36. The Bertz CT molecular complexity index is 348. The van der Waals surface area contributed by atoms with Gasteiger partial charge in [-0.3, -0.25) is 9.36 Å². The number of halogens is 1. The minimum Gasteiger partial charge on any atom is -0.448 e. The molecular formula is C13H26ClO5P. The van der Waals surface area contributed by atoms with Crippen molar-refractivity contribution in [2.24, 2.45) is 5.41 Å². The summed E-state index contributed by atoms with van der Waals surface area (Å²) in [6, 6.07) is 0. The van der Waals surface area contributed by atoms with Crippen LogP contribution in [0.2, 0.25) is 0 Å². The summed E-state index contributed by atoms with van der Waals surface area (Å²) in [6.45, 7) is 12.4. The van der Waals surface area contributed by atoms with Crippen LogP contribution in [0.3, 0.4) is 0 Å². The van der Waals surface area contributed by atoms with Crippen LogP contribution in [0.15, 0.2) is 0 Å². The maximum Gasteiger partial charge on any atom is 0.371 e. The van der Waals surface area contributed by atoms with Crippen LogP contribution in [0.25, 0.3) is 0 Å². The Morgan fingerprint density at radius 2 is 1.50 bits per heavy atom. The molecular weight excluding hydrogens is 303 g/mol. The van der Waals surface area contributed by atoms with E-state index in [2.05, 4.69) is 0 Å². The van der Waals surface area contributed by atoms with Gasteiger partial charge in [0.15, 0.2) is 0 Å². The number of hydrogen-bond acceptors (Lipinski definition) is 5. The minimum absolute atomic E-state index is 0.310. The van der Waals surface area contributed by atoms with Crippen LogP contribution >= 0.6 is 19.2 Å². The molecule has 1 unspecified atom stereocenters. The molecule has 0 aromatic rings. The highest BCUT2D eigenvalue weighted by Gasteiger charge is 2.48. The fraction of sp³-hybridized carbons (Fsp3) is 0.923. The lowest BCUT2D eigenvalue weighted by Crippen LogP contribution is -2.34. The van der Waals surface area contributed by atoms with Gasteiger partial charge in [0, 0.05) is 5.41 Å². The summed E-state index contributed by atoms with van der Waals surface area (Å²) in [5.41, 5.74) is -0.610. The summed E-state index contributed by atoms with van der Waals surface area (Å²) in [7, 11) is -3.63. The SMILES string of the molecule is CC(C)OP(=O)(OC(C)C)C(OC(=O)CCl)C(C)(C)C. The van der Waals surface area contributed by atoms with E-state index in [0.717, 1.165) is 0 Å². The molecule has 5 nitrogen and oxygen atoms in total. The molecule has 0 aliphatic rings. The van der Waals surface area contributed by atoms with Gasteiger partial charge in [-0.2, -0.15) is 0 Å². The first-order valence-corrected chi connectivity index (χ1v) is 8.79. The molecule has 0 saturated carbocycles. The van der Waals surface area contributed by atoms with Gasteiger partial charge in [-0.05, 0) is 27.7 Å². The van der Waals surface area contributed by atoms with E-state index in [1.54, 1.807) is 48.5 Å². The molecule has 7 heteroatoms. The predicted octanol–water partition coefficient (Wildman–Crippen LogP) is 4.18. The highest BCUT2D eigenvalue weighted by atomic mass is 35.5. The molecule has 20 heavy (non-hydrogen) atoms. The molecule has 0 spiro atoms. The zero-order valence-corrected chi connectivity index (χ0v) is 15.0. The summed E-state index contributed by atoms with van der Waals surface area (Å²) in [5.74, 6) is -1.96. The number of carbonyl (C=O) groups excluding carboxylic acids is 1. The Hall–Kier alpha value is -0.0900. The molecule has 0 aliphatic heterocycles. The van der Waals surface area contributed by atoms with E-state index >= 15 is 0 Å². The van der Waals surface area contributed by atoms with E-state index < -0.39 is 24.8 Å². The zero-order valence-electron chi connectivity index (χ0n) is 13.3. The molecule has 0 amide bonds. The van der Waals surface area contributed by atoms with Crippen molar-refractivity contribution in [3.8, 4) is 0 Å². The zero-order chi connectivity index (χ0) is 16.1. The van der Waals surface area contributed by atoms with E-state index in [9.17, 15) is 9.36 Å². The smallest absolute Gasteiger partial charge is 0.371 e. The standard InChI is InChI=1S/C13H26ClO5P/c1-9(2)18-20(16,19-10(3)4)12(13(5,6)7)17-11(15)8-14/h9-10,12H,8H2,1-7H3. The van der Waals surface area contributed by atoms with Gasteiger partial charge in [0.05, 0.1) is 12.2 Å². The van der Waals surface area contributed by atoms with Crippen LogP contribution in [0.1, 0.15) is 48.5 Å². The number of esters is 1. The number of carbonyl (C=O) groups is 1. The van der Waals surface area contributed by atoms with Crippen LogP contribution in [0, 0.1) is 5.41 Å². The van der Waals surface area contributed by atoms with Gasteiger partial charge < -0.3 is 13.8 Å². The van der Waals surface area contributed by atoms with Crippen LogP contribution in [-0.2, 0) is 23.1 Å². The van der Waals surface area contributed by atoms with Crippen LogP contribution < -0.4 is 0 Å². The lowest BCUT2D eigenvalue weighted by molar-refractivity contribution is -0.147. The first kappa shape index (κ1) is 19.9. The molecule has 0 fully saturated rings. The minimum atomic E-state index is -3.63. The highest BCUT2D eigenvalue weighted by molar-refractivity contribution is 7.54. The third-order valence-corrected chi connectivity index (χ3v) is 5.20. The van der Waals surface area contributed by atoms with Gasteiger partial charge in [-0.1, -0.05) is 20.8 Å². The van der Waals surface area contributed by atoms with Crippen molar-refractivity contribution in [1.29, 1.82) is 0 Å². The van der Waals surface area contributed by atoms with Gasteiger partial charge in [0.2, 0.25) is 5.85 Å². The van der Waals surface area contributed by atoms with Crippen molar-refractivity contribution in [3.05, 3.63) is 0 Å². The van der Waals surface area contributed by atoms with Gasteiger partial charge in [-0.25, -0.2) is 0 Å². The van der Waals surface area contributed by atoms with Gasteiger partial charge in [0.25, 0.3) is 0 Å². The average molecular weight is 329 g/mol. The van der Waals surface area contributed by atoms with Gasteiger partial charge in [0.1, 0.15) is 5.88 Å². The number of rotatable bonds is 7. The molecule has 0 aromatic carbocycles. The van der Waals surface area contributed by atoms with Crippen molar-refractivity contribution >= 4 is 25.2 Å². The quantitative estimate of drug-likeness (QED) is 0.398. The second-order valence-corrected chi connectivity index (χ2v) is 8.43. The fourth-order valence-electron chi connectivity index (χ4n) is 1.59. The Labute approximate surface area is 126 Å². The second-order valence-electron chi connectivity index (χ2n) is 6.19. The molecule has 0 aliphatic carbocycles. The van der Waals surface area contributed by atoms with Crippen molar-refractivity contribution in [2.45, 2.75) is 66.5 Å². The largest absolute Gasteiger partial charge is 0.448 e. The van der Waals surface area contributed by atoms with Crippen LogP contribution in [-0.4, -0.2) is 29.9 Å². The normalized spacial score (nSPS) is 14.7. The third-order valence-electron chi connectivity index (χ3n) is 2.10. The van der Waals surface area contributed by atoms with E-state index in [4.69, 9.17) is 25.4 Å². The van der Waals surface area contributed by atoms with Crippen LogP contribution in [0.5, 0.6) is 0 Å². The summed E-state index contributed by atoms with van der Waals surface area (Å²) >= 11 is 5.46. The van der Waals surface area contributed by atoms with Gasteiger partial charge >= 0.3 is 13.6 Å². The highest BCUT2D eigenvalue weighted by Crippen LogP contribution is 2.60. The maximum atomic E-state index is 13.1. The fourth-order valence-corrected chi connectivity index (χ4v) is 4.30. The molecule has 120 valence electrons.